The maximum atomic E-state index is 12.4. The number of hydrogen-bond donors (Lipinski definition) is 1. The van der Waals surface area contributed by atoms with E-state index in [1.165, 1.54) is 24.6 Å². The molecule has 0 aliphatic rings. The molecule has 0 heterocycles. The third-order valence-corrected chi connectivity index (χ3v) is 2.83. The van der Waals surface area contributed by atoms with Crippen molar-refractivity contribution in [2.45, 2.75) is 39.6 Å². The lowest BCUT2D eigenvalue weighted by atomic mass is 10.0. The third-order valence-electron chi connectivity index (χ3n) is 2.83. The Bertz CT molecular complexity index is 726. The smallest absolute Gasteiger partial charge is 0.387 e. The Kier molecular flexibility index (Phi) is 8.02. The first-order valence-corrected chi connectivity index (χ1v) is 7.43. The number of hydrogen-bond acceptors (Lipinski definition) is 3. The molecule has 2 aromatic carbocycles. The second-order valence-electron chi connectivity index (χ2n) is 4.94. The van der Waals surface area contributed by atoms with Gasteiger partial charge in [0.15, 0.2) is 11.5 Å². The van der Waals surface area contributed by atoms with E-state index in [0.717, 1.165) is 12.1 Å². The van der Waals surface area contributed by atoms with Crippen LogP contribution in [0.25, 0.3) is 10.8 Å². The fourth-order valence-corrected chi connectivity index (χ4v) is 1.92. The molecule has 0 radical (unpaired) electrons. The van der Waals surface area contributed by atoms with Gasteiger partial charge in [-0.1, -0.05) is 38.3 Å². The molecular weight excluding hydrogens is 340 g/mol. The summed E-state index contributed by atoms with van der Waals surface area (Å²) >= 11 is 0. The van der Waals surface area contributed by atoms with E-state index >= 15 is 0 Å². The Morgan fingerprint density at radius 3 is 1.88 bits per heavy atom. The molecule has 1 atom stereocenters. The first kappa shape index (κ1) is 20.6. The number of halogens is 4. The number of aliphatic hydroxyl groups is 1. The fourth-order valence-electron chi connectivity index (χ4n) is 1.92. The maximum absolute atomic E-state index is 12.4. The molecule has 0 bridgehead atoms. The van der Waals surface area contributed by atoms with Crippen molar-refractivity contribution in [2.75, 3.05) is 0 Å². The van der Waals surface area contributed by atoms with Gasteiger partial charge in [0.1, 0.15) is 6.10 Å². The number of aliphatic hydroxyl groups excluding tert-OH is 1. The fraction of sp³-hybridized carbons (Fsp3) is 0.333. The average molecular weight is 358 g/mol. The van der Waals surface area contributed by atoms with Gasteiger partial charge in [-0.15, -0.1) is 6.42 Å². The SMILES string of the molecule is C#CC(O)c1ccc2cc(OC(F)F)c(OC(F)F)cc2c1.CCC. The molecule has 0 aliphatic carbocycles. The van der Waals surface area contributed by atoms with Crippen molar-refractivity contribution in [2.24, 2.45) is 0 Å². The lowest BCUT2D eigenvalue weighted by Gasteiger charge is -2.13. The van der Waals surface area contributed by atoms with Gasteiger partial charge in [0, 0.05) is 0 Å². The van der Waals surface area contributed by atoms with E-state index in [-0.39, 0.29) is 0 Å². The summed E-state index contributed by atoms with van der Waals surface area (Å²) in [6, 6.07) is 6.70. The van der Waals surface area contributed by atoms with Crippen molar-refractivity contribution < 1.29 is 32.1 Å². The normalized spacial score (nSPS) is 11.7. The van der Waals surface area contributed by atoms with Gasteiger partial charge in [-0.25, -0.2) is 0 Å². The number of alkyl halides is 4. The average Bonchev–Trinajstić information content (AvgIpc) is 2.54. The van der Waals surface area contributed by atoms with Gasteiger partial charge in [-0.05, 0) is 34.5 Å². The molecule has 7 heteroatoms. The van der Waals surface area contributed by atoms with Crippen LogP contribution >= 0.6 is 0 Å². The quantitative estimate of drug-likeness (QED) is 0.595. The number of ether oxygens (including phenoxy) is 2. The van der Waals surface area contributed by atoms with E-state index in [9.17, 15) is 22.7 Å². The second kappa shape index (κ2) is 9.74. The Morgan fingerprint density at radius 2 is 1.44 bits per heavy atom. The Morgan fingerprint density at radius 1 is 0.960 bits per heavy atom. The topological polar surface area (TPSA) is 38.7 Å². The van der Waals surface area contributed by atoms with Crippen LogP contribution in [0.2, 0.25) is 0 Å². The van der Waals surface area contributed by atoms with E-state index in [1.807, 2.05) is 0 Å². The largest absolute Gasteiger partial charge is 0.431 e. The van der Waals surface area contributed by atoms with Crippen LogP contribution in [0.5, 0.6) is 11.5 Å². The minimum Gasteiger partial charge on any atom is -0.431 e. The molecule has 0 spiro atoms. The Balaban J connectivity index is 0.000000970. The highest BCUT2D eigenvalue weighted by molar-refractivity contribution is 5.87. The van der Waals surface area contributed by atoms with Gasteiger partial charge < -0.3 is 14.6 Å². The van der Waals surface area contributed by atoms with Crippen molar-refractivity contribution >= 4 is 10.8 Å². The molecule has 25 heavy (non-hydrogen) atoms. The molecule has 0 aliphatic heterocycles. The van der Waals surface area contributed by atoms with Crippen LogP contribution in [0, 0.1) is 12.3 Å². The number of terminal acetylenes is 1. The molecule has 2 aromatic rings. The monoisotopic (exact) mass is 358 g/mol. The number of fused-ring (bicyclic) bond motifs is 1. The van der Waals surface area contributed by atoms with Crippen molar-refractivity contribution in [1.82, 2.24) is 0 Å². The summed E-state index contributed by atoms with van der Waals surface area (Å²) in [4.78, 5) is 0. The third kappa shape index (κ3) is 6.16. The van der Waals surface area contributed by atoms with Crippen LogP contribution in [0.1, 0.15) is 31.9 Å². The van der Waals surface area contributed by atoms with Crippen LogP contribution in [0.15, 0.2) is 30.3 Å². The highest BCUT2D eigenvalue weighted by Crippen LogP contribution is 2.35. The molecule has 136 valence electrons. The molecule has 0 saturated heterocycles. The number of rotatable bonds is 5. The highest BCUT2D eigenvalue weighted by Gasteiger charge is 2.16. The molecule has 0 saturated carbocycles. The van der Waals surface area contributed by atoms with Gasteiger partial charge in [-0.2, -0.15) is 17.6 Å². The summed E-state index contributed by atoms with van der Waals surface area (Å²) in [6.07, 6.45) is 5.18. The van der Waals surface area contributed by atoms with Gasteiger partial charge in [-0.3, -0.25) is 0 Å². The minimum absolute atomic E-state index is 0.362. The molecule has 1 unspecified atom stereocenters. The predicted octanol–water partition coefficient (Wildman–Crippen LogP) is 5.13. The summed E-state index contributed by atoms with van der Waals surface area (Å²) in [5.41, 5.74) is 0.362. The van der Waals surface area contributed by atoms with Gasteiger partial charge in [0.2, 0.25) is 0 Å². The summed E-state index contributed by atoms with van der Waals surface area (Å²) in [7, 11) is 0. The van der Waals surface area contributed by atoms with Crippen molar-refractivity contribution in [3.63, 3.8) is 0 Å². The summed E-state index contributed by atoms with van der Waals surface area (Å²) in [6.45, 7) is -2.13. The molecule has 3 nitrogen and oxygen atoms in total. The van der Waals surface area contributed by atoms with Crippen LogP contribution in [0.4, 0.5) is 17.6 Å². The van der Waals surface area contributed by atoms with E-state index in [0.29, 0.717) is 16.3 Å². The zero-order valence-electron chi connectivity index (χ0n) is 13.7. The molecule has 2 rings (SSSR count). The number of benzene rings is 2. The molecular formula is C18H18F4O3. The lowest BCUT2D eigenvalue weighted by molar-refractivity contribution is -0.0690. The Hall–Kier alpha value is -2.46. The van der Waals surface area contributed by atoms with Crippen molar-refractivity contribution in [3.8, 4) is 23.8 Å². The van der Waals surface area contributed by atoms with Crippen LogP contribution in [-0.4, -0.2) is 18.3 Å². The van der Waals surface area contributed by atoms with E-state index < -0.39 is 30.8 Å². The molecule has 0 aromatic heterocycles. The first-order chi connectivity index (χ1) is 11.8. The van der Waals surface area contributed by atoms with Gasteiger partial charge >= 0.3 is 13.2 Å². The lowest BCUT2D eigenvalue weighted by Crippen LogP contribution is -2.07. The summed E-state index contributed by atoms with van der Waals surface area (Å²) in [5.74, 6) is 1.07. The maximum Gasteiger partial charge on any atom is 0.387 e. The Labute approximate surface area is 143 Å². The van der Waals surface area contributed by atoms with Crippen LogP contribution in [0.3, 0.4) is 0 Å². The van der Waals surface area contributed by atoms with Crippen LogP contribution < -0.4 is 9.47 Å². The molecule has 0 amide bonds. The minimum atomic E-state index is -3.20. The summed E-state index contributed by atoms with van der Waals surface area (Å²) < 4.78 is 57.8. The van der Waals surface area contributed by atoms with E-state index in [1.54, 1.807) is 0 Å². The standard InChI is InChI=1S/C15H10F4O3.C3H8/c1-2-11(20)9-4-3-8-6-12(21-14(16)17)13(22-15(18)19)7-10(8)5-9;1-3-2/h1,3-7,11,14-15,20H;3H2,1-2H3. The zero-order valence-corrected chi connectivity index (χ0v) is 13.7. The van der Waals surface area contributed by atoms with Gasteiger partial charge in [0.05, 0.1) is 0 Å². The first-order valence-electron chi connectivity index (χ1n) is 7.43. The predicted molar refractivity (Wildman–Crippen MR) is 87.0 cm³/mol. The highest BCUT2D eigenvalue weighted by atomic mass is 19.3. The molecule has 0 fully saturated rings. The summed E-state index contributed by atoms with van der Waals surface area (Å²) in [5, 5.41) is 10.4. The molecule has 1 N–H and O–H groups in total. The van der Waals surface area contributed by atoms with E-state index in [4.69, 9.17) is 6.42 Å². The van der Waals surface area contributed by atoms with Crippen LogP contribution in [-0.2, 0) is 0 Å². The second-order valence-corrected chi connectivity index (χ2v) is 4.94. The van der Waals surface area contributed by atoms with Crippen molar-refractivity contribution in [3.05, 3.63) is 35.9 Å². The van der Waals surface area contributed by atoms with Crippen molar-refractivity contribution in [1.29, 1.82) is 0 Å². The zero-order chi connectivity index (χ0) is 19.0. The van der Waals surface area contributed by atoms with Gasteiger partial charge in [0.25, 0.3) is 0 Å². The van der Waals surface area contributed by atoms with E-state index in [2.05, 4.69) is 29.2 Å².